The van der Waals surface area contributed by atoms with Crippen LogP contribution in [0.1, 0.15) is 11.1 Å². The molecule has 2 aromatic rings. The minimum Gasteiger partial charge on any atom is -0.365 e. The van der Waals surface area contributed by atoms with Gasteiger partial charge in [0, 0.05) is 44.5 Å². The molecule has 0 aliphatic carbocycles. The van der Waals surface area contributed by atoms with E-state index in [-0.39, 0.29) is 12.1 Å². The van der Waals surface area contributed by atoms with Crippen molar-refractivity contribution in [2.24, 2.45) is 0 Å². The van der Waals surface area contributed by atoms with Gasteiger partial charge in [0.05, 0.1) is 5.56 Å². The van der Waals surface area contributed by atoms with E-state index in [0.29, 0.717) is 17.2 Å². The fourth-order valence-corrected chi connectivity index (χ4v) is 2.80. The van der Waals surface area contributed by atoms with Crippen molar-refractivity contribution in [1.29, 1.82) is 5.41 Å². The molecule has 0 saturated carbocycles. The molecule has 1 fully saturated rings. The van der Waals surface area contributed by atoms with E-state index in [1.807, 2.05) is 0 Å². The molecular formula is C17H20F2N6. The summed E-state index contributed by atoms with van der Waals surface area (Å²) in [5, 5.41) is 10.7. The maximum atomic E-state index is 13.8. The molecule has 3 rings (SSSR count). The Morgan fingerprint density at radius 1 is 1.16 bits per heavy atom. The molecule has 1 aliphatic heterocycles. The van der Waals surface area contributed by atoms with Crippen molar-refractivity contribution in [3.05, 3.63) is 47.3 Å². The van der Waals surface area contributed by atoms with Crippen molar-refractivity contribution in [2.75, 3.05) is 43.4 Å². The SMILES string of the molecule is CN1CCN(c2ncnc(NCc3c(F)cccc3F)c2C=N)CC1. The molecule has 132 valence electrons. The van der Waals surface area contributed by atoms with Gasteiger partial charge in [0.2, 0.25) is 0 Å². The number of nitrogens with zero attached hydrogens (tertiary/aromatic N) is 4. The standard InChI is InChI=1S/C17H20F2N6/c1-24-5-7-25(8-6-24)17-12(9-20)16(22-11-23-17)21-10-13-14(18)3-2-4-15(13)19/h2-4,9,11,20H,5-8,10H2,1H3,(H,21,22,23). The third-order valence-corrected chi connectivity index (χ3v) is 4.30. The monoisotopic (exact) mass is 346 g/mol. The van der Waals surface area contributed by atoms with E-state index in [4.69, 9.17) is 5.41 Å². The summed E-state index contributed by atoms with van der Waals surface area (Å²) in [5.74, 6) is -0.175. The predicted octanol–water partition coefficient (Wildman–Crippen LogP) is 2.12. The van der Waals surface area contributed by atoms with Gasteiger partial charge in [-0.25, -0.2) is 18.7 Å². The van der Waals surface area contributed by atoms with Gasteiger partial charge in [-0.1, -0.05) is 6.07 Å². The van der Waals surface area contributed by atoms with Gasteiger partial charge in [0.25, 0.3) is 0 Å². The zero-order valence-electron chi connectivity index (χ0n) is 14.0. The van der Waals surface area contributed by atoms with E-state index in [1.165, 1.54) is 30.7 Å². The van der Waals surface area contributed by atoms with E-state index >= 15 is 0 Å². The van der Waals surface area contributed by atoms with Gasteiger partial charge in [-0.2, -0.15) is 0 Å². The number of piperazine rings is 1. The van der Waals surface area contributed by atoms with Crippen molar-refractivity contribution in [2.45, 2.75) is 6.54 Å². The first-order valence-electron chi connectivity index (χ1n) is 8.06. The van der Waals surface area contributed by atoms with Gasteiger partial charge in [0.1, 0.15) is 29.6 Å². The summed E-state index contributed by atoms with van der Waals surface area (Å²) < 4.78 is 27.5. The first-order valence-corrected chi connectivity index (χ1v) is 8.06. The van der Waals surface area contributed by atoms with Crippen LogP contribution in [0.4, 0.5) is 20.4 Å². The number of hydrogen-bond acceptors (Lipinski definition) is 6. The van der Waals surface area contributed by atoms with Gasteiger partial charge >= 0.3 is 0 Å². The first-order chi connectivity index (χ1) is 12.1. The highest BCUT2D eigenvalue weighted by molar-refractivity contribution is 5.91. The molecule has 1 aromatic heterocycles. The van der Waals surface area contributed by atoms with Crippen molar-refractivity contribution in [3.8, 4) is 0 Å². The average Bonchev–Trinajstić information content (AvgIpc) is 2.61. The third kappa shape index (κ3) is 3.74. The molecule has 1 aromatic carbocycles. The molecule has 0 amide bonds. The molecule has 6 nitrogen and oxygen atoms in total. The first kappa shape index (κ1) is 17.2. The van der Waals surface area contributed by atoms with E-state index in [9.17, 15) is 8.78 Å². The maximum absolute atomic E-state index is 13.8. The van der Waals surface area contributed by atoms with E-state index in [2.05, 4.69) is 32.1 Å². The normalized spacial score (nSPS) is 15.2. The van der Waals surface area contributed by atoms with Gasteiger partial charge in [-0.15, -0.1) is 0 Å². The number of halogens is 2. The minimum absolute atomic E-state index is 0.0570. The van der Waals surface area contributed by atoms with Crippen LogP contribution in [0.5, 0.6) is 0 Å². The topological polar surface area (TPSA) is 68.1 Å². The number of rotatable bonds is 5. The van der Waals surface area contributed by atoms with Crippen molar-refractivity contribution < 1.29 is 8.78 Å². The molecule has 0 radical (unpaired) electrons. The van der Waals surface area contributed by atoms with Gasteiger partial charge in [0.15, 0.2) is 0 Å². The Balaban J connectivity index is 1.82. The summed E-state index contributed by atoms with van der Waals surface area (Å²) in [4.78, 5) is 12.8. The summed E-state index contributed by atoms with van der Waals surface area (Å²) in [6.45, 7) is 3.36. The van der Waals surface area contributed by atoms with Crippen molar-refractivity contribution in [1.82, 2.24) is 14.9 Å². The number of aromatic nitrogens is 2. The Labute approximate surface area is 145 Å². The van der Waals surface area contributed by atoms with Crippen LogP contribution in [0.25, 0.3) is 0 Å². The lowest BCUT2D eigenvalue weighted by Crippen LogP contribution is -2.45. The molecule has 2 N–H and O–H groups in total. The summed E-state index contributed by atoms with van der Waals surface area (Å²) in [6, 6.07) is 3.76. The second-order valence-electron chi connectivity index (χ2n) is 5.95. The van der Waals surface area contributed by atoms with E-state index in [0.717, 1.165) is 26.2 Å². The number of benzene rings is 1. The van der Waals surface area contributed by atoms with Crippen LogP contribution in [0, 0.1) is 17.0 Å². The van der Waals surface area contributed by atoms with Crippen LogP contribution in [-0.4, -0.2) is 54.3 Å². The lowest BCUT2D eigenvalue weighted by molar-refractivity contribution is 0.312. The van der Waals surface area contributed by atoms with Gasteiger partial charge in [-0.05, 0) is 19.2 Å². The Bertz CT molecular complexity index is 739. The van der Waals surface area contributed by atoms with Crippen LogP contribution in [0.15, 0.2) is 24.5 Å². The van der Waals surface area contributed by atoms with Crippen molar-refractivity contribution >= 4 is 17.9 Å². The van der Waals surface area contributed by atoms with E-state index < -0.39 is 11.6 Å². The van der Waals surface area contributed by atoms with Crippen LogP contribution in [0.3, 0.4) is 0 Å². The average molecular weight is 346 g/mol. The van der Waals surface area contributed by atoms with Crippen LogP contribution in [0.2, 0.25) is 0 Å². The molecule has 1 aliphatic rings. The Morgan fingerprint density at radius 2 is 1.84 bits per heavy atom. The summed E-state index contributed by atoms with van der Waals surface area (Å²) in [5.41, 5.74) is 0.460. The molecule has 25 heavy (non-hydrogen) atoms. The zero-order chi connectivity index (χ0) is 17.8. The molecule has 0 atom stereocenters. The summed E-state index contributed by atoms with van der Waals surface area (Å²) >= 11 is 0. The second kappa shape index (κ2) is 7.52. The number of hydrogen-bond donors (Lipinski definition) is 2. The second-order valence-corrected chi connectivity index (χ2v) is 5.95. The number of nitrogens with one attached hydrogen (secondary N) is 2. The highest BCUT2D eigenvalue weighted by Gasteiger charge is 2.20. The molecule has 8 heteroatoms. The largest absolute Gasteiger partial charge is 0.365 e. The fourth-order valence-electron chi connectivity index (χ4n) is 2.80. The lowest BCUT2D eigenvalue weighted by Gasteiger charge is -2.34. The highest BCUT2D eigenvalue weighted by Crippen LogP contribution is 2.23. The third-order valence-electron chi connectivity index (χ3n) is 4.30. The molecule has 1 saturated heterocycles. The summed E-state index contributed by atoms with van der Waals surface area (Å²) in [7, 11) is 2.06. The molecule has 2 heterocycles. The maximum Gasteiger partial charge on any atom is 0.143 e. The van der Waals surface area contributed by atoms with Crippen LogP contribution >= 0.6 is 0 Å². The molecule has 0 unspecified atom stereocenters. The van der Waals surface area contributed by atoms with Crippen molar-refractivity contribution in [3.63, 3.8) is 0 Å². The zero-order valence-corrected chi connectivity index (χ0v) is 14.0. The fraction of sp³-hybridized carbons (Fsp3) is 0.353. The molecule has 0 spiro atoms. The Morgan fingerprint density at radius 3 is 2.48 bits per heavy atom. The quantitative estimate of drug-likeness (QED) is 0.812. The predicted molar refractivity (Wildman–Crippen MR) is 93.3 cm³/mol. The smallest absolute Gasteiger partial charge is 0.143 e. The number of anilines is 2. The Kier molecular flexibility index (Phi) is 5.18. The van der Waals surface area contributed by atoms with E-state index in [1.54, 1.807) is 0 Å². The molecular weight excluding hydrogens is 326 g/mol. The van der Waals surface area contributed by atoms with Gasteiger partial charge in [-0.3, -0.25) is 0 Å². The number of likely N-dealkylation sites (N-methyl/N-ethyl adjacent to an activating group) is 1. The van der Waals surface area contributed by atoms with Crippen LogP contribution < -0.4 is 10.2 Å². The molecule has 0 bridgehead atoms. The highest BCUT2D eigenvalue weighted by atomic mass is 19.1. The minimum atomic E-state index is -0.614. The summed E-state index contributed by atoms with van der Waals surface area (Å²) in [6.07, 6.45) is 2.58. The van der Waals surface area contributed by atoms with Gasteiger partial charge < -0.3 is 20.5 Å². The Hall–Kier alpha value is -2.61. The van der Waals surface area contributed by atoms with Crippen LogP contribution in [-0.2, 0) is 6.54 Å². The lowest BCUT2D eigenvalue weighted by atomic mass is 10.2.